The molecule has 30 heavy (non-hydrogen) atoms. The fourth-order valence-electron chi connectivity index (χ4n) is 3.55. The summed E-state index contributed by atoms with van der Waals surface area (Å²) in [5.41, 5.74) is 1.53. The van der Waals surface area contributed by atoms with Gasteiger partial charge in [-0.2, -0.15) is 0 Å². The van der Waals surface area contributed by atoms with Gasteiger partial charge in [-0.25, -0.2) is 4.98 Å². The summed E-state index contributed by atoms with van der Waals surface area (Å²) in [5, 5.41) is 3.56. The number of anilines is 1. The van der Waals surface area contributed by atoms with E-state index in [1.165, 1.54) is 11.3 Å². The van der Waals surface area contributed by atoms with Crippen molar-refractivity contribution < 1.29 is 4.79 Å². The second kappa shape index (κ2) is 9.13. The number of thiazole rings is 1. The minimum Gasteiger partial charge on any atom is -0.302 e. The molecule has 0 aliphatic heterocycles. The van der Waals surface area contributed by atoms with E-state index in [4.69, 9.17) is 16.6 Å². The highest BCUT2D eigenvalue weighted by Crippen LogP contribution is 2.31. The third-order valence-corrected chi connectivity index (χ3v) is 6.62. The number of halogens is 1. The van der Waals surface area contributed by atoms with Crippen LogP contribution >= 0.6 is 22.9 Å². The van der Waals surface area contributed by atoms with E-state index in [1.807, 2.05) is 54.6 Å². The van der Waals surface area contributed by atoms with Crippen LogP contribution in [0.4, 0.5) is 5.13 Å². The monoisotopic (exact) mass is 437 g/mol. The molecule has 0 bridgehead atoms. The first kappa shape index (κ1) is 20.8. The van der Waals surface area contributed by atoms with Gasteiger partial charge in [-0.1, -0.05) is 67.1 Å². The predicted octanol–water partition coefficient (Wildman–Crippen LogP) is 6.09. The zero-order valence-electron chi connectivity index (χ0n) is 17.1. The Labute approximate surface area is 185 Å². The number of carbonyl (C=O) groups is 1. The van der Waals surface area contributed by atoms with Gasteiger partial charge in [0.1, 0.15) is 0 Å². The van der Waals surface area contributed by atoms with Gasteiger partial charge in [-0.05, 0) is 54.2 Å². The molecule has 0 radical (unpaired) electrons. The molecule has 4 aromatic rings. The summed E-state index contributed by atoms with van der Waals surface area (Å²) in [5.74, 6) is -0.0296. The van der Waals surface area contributed by atoms with Crippen LogP contribution in [0.15, 0.2) is 60.7 Å². The van der Waals surface area contributed by atoms with E-state index < -0.39 is 0 Å². The molecule has 0 N–H and O–H groups in total. The molecule has 0 fully saturated rings. The van der Waals surface area contributed by atoms with Crippen molar-refractivity contribution in [2.45, 2.75) is 13.8 Å². The van der Waals surface area contributed by atoms with Crippen LogP contribution in [0.25, 0.3) is 21.0 Å². The van der Waals surface area contributed by atoms with E-state index in [2.05, 4.69) is 24.8 Å². The molecular formula is C24H24ClN3OS. The first-order valence-electron chi connectivity index (χ1n) is 10.2. The van der Waals surface area contributed by atoms with E-state index in [-0.39, 0.29) is 5.91 Å². The molecule has 3 aromatic carbocycles. The quantitative estimate of drug-likeness (QED) is 0.351. The van der Waals surface area contributed by atoms with Gasteiger partial charge in [-0.3, -0.25) is 9.69 Å². The fraction of sp³-hybridized carbons (Fsp3) is 0.250. The molecule has 1 aromatic heterocycles. The molecule has 0 spiro atoms. The van der Waals surface area contributed by atoms with Crippen LogP contribution in [0.3, 0.4) is 0 Å². The molecule has 6 heteroatoms. The average Bonchev–Trinajstić information content (AvgIpc) is 3.18. The Morgan fingerprint density at radius 1 is 0.967 bits per heavy atom. The number of nitrogens with zero attached hydrogens (tertiary/aromatic N) is 3. The highest BCUT2D eigenvalue weighted by atomic mass is 35.5. The Morgan fingerprint density at radius 2 is 1.73 bits per heavy atom. The first-order valence-corrected chi connectivity index (χ1v) is 11.4. The molecule has 0 saturated heterocycles. The van der Waals surface area contributed by atoms with Gasteiger partial charge in [0, 0.05) is 23.7 Å². The van der Waals surface area contributed by atoms with Crippen molar-refractivity contribution in [3.8, 4) is 0 Å². The number of fused-ring (bicyclic) bond motifs is 2. The number of aromatic nitrogens is 1. The largest absolute Gasteiger partial charge is 0.302 e. The van der Waals surface area contributed by atoms with Crippen molar-refractivity contribution in [1.29, 1.82) is 0 Å². The zero-order valence-corrected chi connectivity index (χ0v) is 18.7. The lowest BCUT2D eigenvalue weighted by Gasteiger charge is -2.24. The fourth-order valence-corrected chi connectivity index (χ4v) is 4.81. The number of rotatable bonds is 7. The van der Waals surface area contributed by atoms with Crippen LogP contribution in [0.1, 0.15) is 24.2 Å². The van der Waals surface area contributed by atoms with Crippen LogP contribution in [-0.4, -0.2) is 42.0 Å². The lowest BCUT2D eigenvalue weighted by molar-refractivity contribution is 0.0984. The van der Waals surface area contributed by atoms with Gasteiger partial charge in [-0.15, -0.1) is 0 Å². The number of benzene rings is 3. The summed E-state index contributed by atoms with van der Waals surface area (Å²) in [6.45, 7) is 7.55. The maximum Gasteiger partial charge on any atom is 0.260 e. The normalized spacial score (nSPS) is 11.5. The van der Waals surface area contributed by atoms with Crippen molar-refractivity contribution in [2.75, 3.05) is 31.1 Å². The molecule has 4 rings (SSSR count). The third kappa shape index (κ3) is 4.33. The Hall–Kier alpha value is -2.47. The SMILES string of the molecule is CCN(CC)CCN(C(=O)c1ccc2ccccc2c1)c1nc2ccc(Cl)cc2s1. The van der Waals surface area contributed by atoms with Crippen LogP contribution in [0.5, 0.6) is 0 Å². The van der Waals surface area contributed by atoms with E-state index in [9.17, 15) is 4.79 Å². The standard InChI is InChI=1S/C24H24ClN3OS/c1-3-27(4-2)13-14-28(24-26-21-12-11-20(25)16-22(21)30-24)23(29)19-10-9-17-7-5-6-8-18(17)15-19/h5-12,15-16H,3-4,13-14H2,1-2H3. The molecule has 0 aliphatic rings. The number of hydrogen-bond donors (Lipinski definition) is 0. The lowest BCUT2D eigenvalue weighted by atomic mass is 10.1. The van der Waals surface area contributed by atoms with Crippen LogP contribution in [0.2, 0.25) is 5.02 Å². The summed E-state index contributed by atoms with van der Waals surface area (Å²) in [7, 11) is 0. The van der Waals surface area contributed by atoms with Gasteiger partial charge >= 0.3 is 0 Å². The van der Waals surface area contributed by atoms with E-state index in [0.29, 0.717) is 22.3 Å². The molecular weight excluding hydrogens is 414 g/mol. The van der Waals surface area contributed by atoms with Gasteiger partial charge in [0.2, 0.25) is 0 Å². The molecule has 154 valence electrons. The molecule has 0 saturated carbocycles. The minimum atomic E-state index is -0.0296. The Kier molecular flexibility index (Phi) is 6.32. The molecule has 1 heterocycles. The number of carbonyl (C=O) groups excluding carboxylic acids is 1. The van der Waals surface area contributed by atoms with Crippen molar-refractivity contribution in [3.63, 3.8) is 0 Å². The van der Waals surface area contributed by atoms with Crippen molar-refractivity contribution in [1.82, 2.24) is 9.88 Å². The van der Waals surface area contributed by atoms with E-state index in [1.54, 1.807) is 4.90 Å². The topological polar surface area (TPSA) is 36.4 Å². The van der Waals surface area contributed by atoms with Crippen molar-refractivity contribution in [2.24, 2.45) is 0 Å². The zero-order chi connectivity index (χ0) is 21.1. The molecule has 0 unspecified atom stereocenters. The smallest absolute Gasteiger partial charge is 0.260 e. The molecule has 1 amide bonds. The molecule has 0 aliphatic carbocycles. The van der Waals surface area contributed by atoms with E-state index >= 15 is 0 Å². The predicted molar refractivity (Wildman–Crippen MR) is 128 cm³/mol. The highest BCUT2D eigenvalue weighted by Gasteiger charge is 2.22. The number of hydrogen-bond acceptors (Lipinski definition) is 4. The molecule has 0 atom stereocenters. The Bertz CT molecular complexity index is 1190. The van der Waals surface area contributed by atoms with Crippen LogP contribution < -0.4 is 4.90 Å². The van der Waals surface area contributed by atoms with Gasteiger partial charge in [0.05, 0.1) is 10.2 Å². The first-order chi connectivity index (χ1) is 14.6. The second-order valence-corrected chi connectivity index (χ2v) is 8.60. The number of likely N-dealkylation sites (N-methyl/N-ethyl adjacent to an activating group) is 1. The second-order valence-electron chi connectivity index (χ2n) is 7.15. The van der Waals surface area contributed by atoms with Crippen molar-refractivity contribution >= 4 is 55.0 Å². The van der Waals surface area contributed by atoms with Crippen LogP contribution in [-0.2, 0) is 0 Å². The average molecular weight is 438 g/mol. The Balaban J connectivity index is 1.71. The van der Waals surface area contributed by atoms with Crippen molar-refractivity contribution in [3.05, 3.63) is 71.2 Å². The summed E-state index contributed by atoms with van der Waals surface area (Å²) in [6, 6.07) is 19.6. The van der Waals surface area contributed by atoms with Gasteiger partial charge < -0.3 is 4.90 Å². The van der Waals surface area contributed by atoms with Gasteiger partial charge in [0.25, 0.3) is 5.91 Å². The summed E-state index contributed by atoms with van der Waals surface area (Å²) in [6.07, 6.45) is 0. The lowest BCUT2D eigenvalue weighted by Crippen LogP contribution is -2.38. The maximum absolute atomic E-state index is 13.6. The highest BCUT2D eigenvalue weighted by molar-refractivity contribution is 7.22. The third-order valence-electron chi connectivity index (χ3n) is 5.35. The minimum absolute atomic E-state index is 0.0296. The van der Waals surface area contributed by atoms with E-state index in [0.717, 1.165) is 40.6 Å². The maximum atomic E-state index is 13.6. The van der Waals surface area contributed by atoms with Gasteiger partial charge in [0.15, 0.2) is 5.13 Å². The molecule has 4 nitrogen and oxygen atoms in total. The Morgan fingerprint density at radius 3 is 2.50 bits per heavy atom. The van der Waals surface area contributed by atoms with Crippen LogP contribution in [0, 0.1) is 0 Å². The summed E-state index contributed by atoms with van der Waals surface area (Å²) < 4.78 is 0.983. The summed E-state index contributed by atoms with van der Waals surface area (Å²) in [4.78, 5) is 22.4. The number of amides is 1. The summed E-state index contributed by atoms with van der Waals surface area (Å²) >= 11 is 7.66.